The molecule has 2 N–H and O–H groups in total. The molecule has 0 bridgehead atoms. The van der Waals surface area contributed by atoms with E-state index in [4.69, 9.17) is 9.47 Å². The first kappa shape index (κ1) is 33.1. The number of ether oxygens (including phenoxy) is 2. The number of sulfonamides is 1. The zero-order chi connectivity index (χ0) is 32.6. The molecule has 4 rings (SSSR count). The summed E-state index contributed by atoms with van der Waals surface area (Å²) in [6, 6.07) is 29.0. The van der Waals surface area contributed by atoms with E-state index in [-0.39, 0.29) is 4.90 Å². The predicted octanol–water partition coefficient (Wildman–Crippen LogP) is 6.78. The minimum absolute atomic E-state index is 0.122. The summed E-state index contributed by atoms with van der Waals surface area (Å²) in [7, 11) is -2.67. The molecular formula is C35H39N3O6S. The molecular weight excluding hydrogens is 590 g/mol. The van der Waals surface area contributed by atoms with Gasteiger partial charge < -0.3 is 19.7 Å². The number of alkyl carbamates (subject to hydrolysis) is 1. The number of benzene rings is 4. The topological polar surface area (TPSA) is 114 Å². The quantitative estimate of drug-likeness (QED) is 0.176. The van der Waals surface area contributed by atoms with Gasteiger partial charge in [0.15, 0.2) is 0 Å². The lowest BCUT2D eigenvalue weighted by atomic mass is 10.0. The highest BCUT2D eigenvalue weighted by molar-refractivity contribution is 7.92. The van der Waals surface area contributed by atoms with Crippen LogP contribution in [0.4, 0.5) is 16.2 Å². The van der Waals surface area contributed by atoms with Gasteiger partial charge >= 0.3 is 12.1 Å². The van der Waals surface area contributed by atoms with Crippen LogP contribution in [0, 0.1) is 6.92 Å². The highest BCUT2D eigenvalue weighted by atomic mass is 32.2. The number of aryl methyl sites for hydroxylation is 1. The van der Waals surface area contributed by atoms with Gasteiger partial charge in [0.2, 0.25) is 0 Å². The van der Waals surface area contributed by atoms with E-state index in [9.17, 15) is 18.0 Å². The van der Waals surface area contributed by atoms with Crippen LogP contribution >= 0.6 is 0 Å². The molecule has 0 aliphatic rings. The third kappa shape index (κ3) is 9.33. The van der Waals surface area contributed by atoms with Crippen LogP contribution in [-0.2, 0) is 26.0 Å². The number of nitrogens with zero attached hydrogens (tertiary/aromatic N) is 1. The Morgan fingerprint density at radius 3 is 2.27 bits per heavy atom. The molecule has 9 nitrogen and oxygen atoms in total. The molecule has 1 amide bonds. The molecule has 0 saturated carbocycles. The van der Waals surface area contributed by atoms with E-state index in [1.807, 2.05) is 48.5 Å². The molecule has 0 heterocycles. The molecule has 45 heavy (non-hydrogen) atoms. The van der Waals surface area contributed by atoms with Gasteiger partial charge in [-0.1, -0.05) is 60.7 Å². The van der Waals surface area contributed by atoms with E-state index in [0.717, 1.165) is 11.3 Å². The molecule has 10 heteroatoms. The number of esters is 1. The third-order valence-electron chi connectivity index (χ3n) is 6.82. The smallest absolute Gasteiger partial charge is 0.407 e. The lowest BCUT2D eigenvalue weighted by Gasteiger charge is -2.26. The van der Waals surface area contributed by atoms with Crippen LogP contribution in [0.5, 0.6) is 0 Å². The Balaban J connectivity index is 1.57. The van der Waals surface area contributed by atoms with Crippen LogP contribution in [0.3, 0.4) is 0 Å². The number of methoxy groups -OCH3 is 1. The molecule has 0 saturated heterocycles. The van der Waals surface area contributed by atoms with Gasteiger partial charge in [0, 0.05) is 25.3 Å². The maximum atomic E-state index is 13.7. The second-order valence-electron chi connectivity index (χ2n) is 11.5. The molecule has 0 aromatic heterocycles. The largest absolute Gasteiger partial charge is 0.465 e. The molecule has 0 spiro atoms. The Morgan fingerprint density at radius 2 is 1.56 bits per heavy atom. The Kier molecular flexibility index (Phi) is 10.5. The molecule has 236 valence electrons. The highest BCUT2D eigenvalue weighted by Gasteiger charge is 2.20. The van der Waals surface area contributed by atoms with Crippen molar-refractivity contribution in [1.29, 1.82) is 0 Å². The fraction of sp³-hybridized carbons (Fsp3) is 0.257. The number of nitrogens with one attached hydrogen (secondary N) is 2. The number of amides is 1. The van der Waals surface area contributed by atoms with E-state index >= 15 is 0 Å². The Hall–Kier alpha value is -4.83. The average Bonchev–Trinajstić information content (AvgIpc) is 3.00. The van der Waals surface area contributed by atoms with Crippen LogP contribution in [0.15, 0.2) is 102 Å². The molecule has 0 unspecified atom stereocenters. The molecule has 0 aliphatic heterocycles. The van der Waals surface area contributed by atoms with Gasteiger partial charge in [-0.25, -0.2) is 18.0 Å². The first-order valence-corrected chi connectivity index (χ1v) is 16.0. The summed E-state index contributed by atoms with van der Waals surface area (Å²) < 4.78 is 40.3. The van der Waals surface area contributed by atoms with Crippen molar-refractivity contribution in [2.45, 2.75) is 44.7 Å². The third-order valence-corrected chi connectivity index (χ3v) is 8.35. The van der Waals surface area contributed by atoms with Crippen molar-refractivity contribution >= 4 is 33.5 Å². The summed E-state index contributed by atoms with van der Waals surface area (Å²) >= 11 is 0. The normalized spacial score (nSPS) is 11.4. The van der Waals surface area contributed by atoms with Crippen LogP contribution in [-0.4, -0.2) is 46.3 Å². The maximum Gasteiger partial charge on any atom is 0.407 e. The summed E-state index contributed by atoms with van der Waals surface area (Å²) in [6.07, 6.45) is -0.502. The standard InChI is InChI=1S/C35H39N3O6S/c1-25-17-18-28(27-13-9-14-29(21-27)33(39)43-5)22-32(25)45(41,42)37-30-15-10-16-31(23-30)38(24-26-11-7-6-8-12-26)20-19-36-34(40)44-35(2,3)4/h6-18,21-23,37H,19-20,24H2,1-5H3,(H,36,40). The van der Waals surface area contributed by atoms with Crippen molar-refractivity contribution in [3.05, 3.63) is 114 Å². The minimum atomic E-state index is -3.99. The number of hydrogen-bond acceptors (Lipinski definition) is 7. The van der Waals surface area contributed by atoms with Gasteiger partial charge in [0.05, 0.1) is 23.3 Å². The second-order valence-corrected chi connectivity index (χ2v) is 13.2. The lowest BCUT2D eigenvalue weighted by molar-refractivity contribution is 0.0528. The van der Waals surface area contributed by atoms with Gasteiger partial charge in [-0.05, 0) is 86.3 Å². The molecule has 4 aromatic carbocycles. The summed E-state index contributed by atoms with van der Waals surface area (Å²) in [4.78, 5) is 26.5. The van der Waals surface area contributed by atoms with E-state index in [2.05, 4.69) is 14.9 Å². The second kappa shape index (κ2) is 14.3. The number of carbonyl (C=O) groups is 2. The van der Waals surface area contributed by atoms with E-state index in [0.29, 0.717) is 47.6 Å². The molecule has 0 aliphatic carbocycles. The van der Waals surface area contributed by atoms with Crippen molar-refractivity contribution in [3.63, 3.8) is 0 Å². The summed E-state index contributed by atoms with van der Waals surface area (Å²) in [5.41, 5.74) is 3.90. The number of anilines is 2. The van der Waals surface area contributed by atoms with Crippen molar-refractivity contribution < 1.29 is 27.5 Å². The molecule has 4 aromatic rings. The monoisotopic (exact) mass is 629 g/mol. The molecule has 0 atom stereocenters. The number of carbonyl (C=O) groups excluding carboxylic acids is 2. The molecule has 0 fully saturated rings. The number of hydrogen-bond donors (Lipinski definition) is 2. The van der Waals surface area contributed by atoms with Crippen LogP contribution in [0.1, 0.15) is 42.3 Å². The van der Waals surface area contributed by atoms with Crippen LogP contribution < -0.4 is 14.9 Å². The number of rotatable bonds is 11. The van der Waals surface area contributed by atoms with Gasteiger partial charge in [-0.3, -0.25) is 4.72 Å². The van der Waals surface area contributed by atoms with Crippen molar-refractivity contribution in [3.8, 4) is 11.1 Å². The maximum absolute atomic E-state index is 13.7. The first-order valence-electron chi connectivity index (χ1n) is 14.5. The van der Waals surface area contributed by atoms with Gasteiger partial charge in [-0.2, -0.15) is 0 Å². The van der Waals surface area contributed by atoms with Gasteiger partial charge in [0.25, 0.3) is 10.0 Å². The minimum Gasteiger partial charge on any atom is -0.465 e. The zero-order valence-corrected chi connectivity index (χ0v) is 27.0. The van der Waals surface area contributed by atoms with Crippen molar-refractivity contribution in [1.82, 2.24) is 5.32 Å². The van der Waals surface area contributed by atoms with Gasteiger partial charge in [-0.15, -0.1) is 0 Å². The van der Waals surface area contributed by atoms with Crippen molar-refractivity contribution in [2.75, 3.05) is 29.8 Å². The fourth-order valence-electron chi connectivity index (χ4n) is 4.70. The lowest BCUT2D eigenvalue weighted by Crippen LogP contribution is -2.38. The Morgan fingerprint density at radius 1 is 0.844 bits per heavy atom. The molecule has 0 radical (unpaired) electrons. The van der Waals surface area contributed by atoms with Crippen molar-refractivity contribution in [2.24, 2.45) is 0 Å². The summed E-state index contributed by atoms with van der Waals surface area (Å²) in [5.74, 6) is -0.472. The predicted molar refractivity (Wildman–Crippen MR) is 177 cm³/mol. The van der Waals surface area contributed by atoms with E-state index in [1.165, 1.54) is 7.11 Å². The Bertz CT molecular complexity index is 1750. The first-order chi connectivity index (χ1) is 21.3. The highest BCUT2D eigenvalue weighted by Crippen LogP contribution is 2.29. The zero-order valence-electron chi connectivity index (χ0n) is 26.2. The SMILES string of the molecule is COC(=O)c1cccc(-c2ccc(C)c(S(=O)(=O)Nc3cccc(N(CCNC(=O)OC(C)(C)C)Cc4ccccc4)c3)c2)c1. The van der Waals surface area contributed by atoms with Crippen LogP contribution in [0.2, 0.25) is 0 Å². The van der Waals surface area contributed by atoms with Gasteiger partial charge in [0.1, 0.15) is 5.60 Å². The van der Waals surface area contributed by atoms with E-state index in [1.54, 1.807) is 76.2 Å². The fourth-order valence-corrected chi connectivity index (χ4v) is 6.02. The van der Waals surface area contributed by atoms with E-state index < -0.39 is 27.7 Å². The van der Waals surface area contributed by atoms with Crippen LogP contribution in [0.25, 0.3) is 11.1 Å². The summed E-state index contributed by atoms with van der Waals surface area (Å²) in [6.45, 7) is 8.47. The average molecular weight is 630 g/mol. The Labute approximate surface area is 265 Å². The summed E-state index contributed by atoms with van der Waals surface area (Å²) in [5, 5.41) is 2.80.